The Morgan fingerprint density at radius 2 is 2.17 bits per heavy atom. The number of aromatic amines is 1. The Balaban J connectivity index is 1.34. The van der Waals surface area contributed by atoms with Gasteiger partial charge in [0.2, 0.25) is 0 Å². The summed E-state index contributed by atoms with van der Waals surface area (Å²) in [6.45, 7) is 0. The highest BCUT2D eigenvalue weighted by Gasteiger charge is 2.33. The summed E-state index contributed by atoms with van der Waals surface area (Å²) in [4.78, 5) is 27.8. The van der Waals surface area contributed by atoms with Crippen LogP contribution in [0.2, 0.25) is 0 Å². The third-order valence-electron chi connectivity index (χ3n) is 4.48. The molecule has 0 amide bonds. The van der Waals surface area contributed by atoms with Crippen LogP contribution in [0.3, 0.4) is 0 Å². The van der Waals surface area contributed by atoms with Gasteiger partial charge in [-0.3, -0.25) is 4.57 Å². The largest absolute Gasteiger partial charge is 0.359 e. The number of imidazole rings is 1. The van der Waals surface area contributed by atoms with E-state index in [0.29, 0.717) is 17.2 Å². The molecule has 3 heterocycles. The Hall–Kier alpha value is -2.74. The van der Waals surface area contributed by atoms with Crippen LogP contribution >= 0.6 is 11.3 Å². The second-order valence-electron chi connectivity index (χ2n) is 6.01. The van der Waals surface area contributed by atoms with Gasteiger partial charge in [0, 0.05) is 12.1 Å². The van der Waals surface area contributed by atoms with E-state index in [4.69, 9.17) is 0 Å². The third-order valence-corrected chi connectivity index (χ3v) is 5.45. The Kier molecular flexibility index (Phi) is 2.93. The van der Waals surface area contributed by atoms with E-state index >= 15 is 0 Å². The Bertz CT molecular complexity index is 1060. The predicted octanol–water partition coefficient (Wildman–Crippen LogP) is 2.54. The Morgan fingerprint density at radius 3 is 3.04 bits per heavy atom. The highest BCUT2D eigenvalue weighted by molar-refractivity contribution is 7.22. The van der Waals surface area contributed by atoms with Crippen LogP contribution in [0, 0.1) is 0 Å². The van der Waals surface area contributed by atoms with Gasteiger partial charge in [-0.1, -0.05) is 23.5 Å². The van der Waals surface area contributed by atoms with Crippen LogP contribution in [0.1, 0.15) is 18.9 Å². The van der Waals surface area contributed by atoms with Crippen molar-refractivity contribution in [3.05, 3.63) is 47.3 Å². The van der Waals surface area contributed by atoms with E-state index in [9.17, 15) is 4.79 Å². The molecule has 1 aliphatic rings. The number of hydrogen-bond donors (Lipinski definition) is 2. The van der Waals surface area contributed by atoms with Crippen molar-refractivity contribution in [1.82, 2.24) is 24.5 Å². The molecule has 5 rings (SSSR count). The topological polar surface area (TPSA) is 88.5 Å². The number of para-hydroxylation sites is 1. The first kappa shape index (κ1) is 13.7. The van der Waals surface area contributed by atoms with Gasteiger partial charge in [-0.25, -0.2) is 19.7 Å². The lowest BCUT2D eigenvalue weighted by Crippen LogP contribution is -2.40. The van der Waals surface area contributed by atoms with Crippen LogP contribution in [-0.2, 0) is 0 Å². The van der Waals surface area contributed by atoms with Crippen LogP contribution < -0.4 is 11.0 Å². The maximum Gasteiger partial charge on any atom is 0.327 e. The smallest absolute Gasteiger partial charge is 0.327 e. The molecular formula is C16H14N6OS. The van der Waals surface area contributed by atoms with E-state index in [1.54, 1.807) is 22.1 Å². The van der Waals surface area contributed by atoms with Gasteiger partial charge >= 0.3 is 5.69 Å². The number of thiazole rings is 1. The van der Waals surface area contributed by atoms with Crippen molar-refractivity contribution in [1.29, 1.82) is 0 Å². The van der Waals surface area contributed by atoms with Crippen LogP contribution in [-0.4, -0.2) is 30.5 Å². The number of benzene rings is 1. The highest BCUT2D eigenvalue weighted by atomic mass is 32.1. The summed E-state index contributed by atoms with van der Waals surface area (Å²) in [6.07, 6.45) is 4.87. The zero-order valence-electron chi connectivity index (χ0n) is 12.6. The Labute approximate surface area is 140 Å². The number of anilines is 1. The van der Waals surface area contributed by atoms with Crippen molar-refractivity contribution in [2.45, 2.75) is 24.9 Å². The molecule has 120 valence electrons. The second kappa shape index (κ2) is 5.13. The van der Waals surface area contributed by atoms with E-state index in [1.165, 1.54) is 11.0 Å². The number of nitrogens with zero attached hydrogens (tertiary/aromatic N) is 4. The number of hydrogen-bond acceptors (Lipinski definition) is 6. The molecule has 1 saturated carbocycles. The maximum atomic E-state index is 12.2. The van der Waals surface area contributed by atoms with Gasteiger partial charge in [0.25, 0.3) is 0 Å². The van der Waals surface area contributed by atoms with Gasteiger partial charge in [0.15, 0.2) is 10.8 Å². The maximum absolute atomic E-state index is 12.2. The molecule has 7 nitrogen and oxygen atoms in total. The summed E-state index contributed by atoms with van der Waals surface area (Å²) in [5.41, 5.74) is 2.27. The van der Waals surface area contributed by atoms with Crippen LogP contribution in [0.15, 0.2) is 41.6 Å². The lowest BCUT2D eigenvalue weighted by atomic mass is 9.86. The summed E-state index contributed by atoms with van der Waals surface area (Å²) in [7, 11) is 0. The fraction of sp³-hybridized carbons (Fsp3) is 0.250. The summed E-state index contributed by atoms with van der Waals surface area (Å²) in [6, 6.07) is 8.60. The summed E-state index contributed by atoms with van der Waals surface area (Å²) in [5.74, 6) is 0. The fourth-order valence-electron chi connectivity index (χ4n) is 3.24. The normalized spacial score (nSPS) is 20.3. The number of H-pyrrole nitrogens is 1. The molecule has 2 N–H and O–H groups in total. The molecule has 3 aromatic heterocycles. The minimum absolute atomic E-state index is 0.117. The summed E-state index contributed by atoms with van der Waals surface area (Å²) < 4.78 is 2.92. The van der Waals surface area contributed by atoms with Gasteiger partial charge in [0.05, 0.1) is 16.4 Å². The molecular weight excluding hydrogens is 324 g/mol. The van der Waals surface area contributed by atoms with E-state index in [-0.39, 0.29) is 11.7 Å². The van der Waals surface area contributed by atoms with Crippen molar-refractivity contribution in [2.24, 2.45) is 0 Å². The average Bonchev–Trinajstić information content (AvgIpc) is 3.10. The lowest BCUT2D eigenvalue weighted by Gasteiger charge is -2.36. The highest BCUT2D eigenvalue weighted by Crippen LogP contribution is 2.36. The first-order chi connectivity index (χ1) is 11.8. The number of rotatable bonds is 3. The minimum atomic E-state index is -0.117. The SMILES string of the molecule is O=c1[nH]c2cncnc2n1C1CC(Nc2nc3ccccc3s2)C1. The van der Waals surface area contributed by atoms with Crippen LogP contribution in [0.4, 0.5) is 5.13 Å². The van der Waals surface area contributed by atoms with E-state index in [2.05, 4.69) is 31.3 Å². The van der Waals surface area contributed by atoms with Crippen LogP contribution in [0.5, 0.6) is 0 Å². The molecule has 8 heteroatoms. The first-order valence-corrected chi connectivity index (χ1v) is 8.62. The van der Waals surface area contributed by atoms with Crippen molar-refractivity contribution in [2.75, 3.05) is 5.32 Å². The standard InChI is InChI=1S/C16H14N6OS/c23-16-21-12-7-17-8-18-14(12)22(16)10-5-9(6-10)19-15-20-11-3-1-2-4-13(11)24-15/h1-4,7-10H,5-6H2,(H,19,20)(H,21,23). The van der Waals surface area contributed by atoms with Gasteiger partial charge in [-0.2, -0.15) is 0 Å². The molecule has 1 aliphatic carbocycles. The molecule has 1 fully saturated rings. The number of nitrogens with one attached hydrogen (secondary N) is 2. The van der Waals surface area contributed by atoms with E-state index in [1.807, 2.05) is 18.2 Å². The second-order valence-corrected chi connectivity index (χ2v) is 7.04. The monoisotopic (exact) mass is 338 g/mol. The molecule has 0 unspecified atom stereocenters. The molecule has 0 spiro atoms. The molecule has 0 radical (unpaired) electrons. The van der Waals surface area contributed by atoms with Gasteiger partial charge in [-0.05, 0) is 25.0 Å². The lowest BCUT2D eigenvalue weighted by molar-refractivity contribution is 0.282. The van der Waals surface area contributed by atoms with E-state index < -0.39 is 0 Å². The van der Waals surface area contributed by atoms with Crippen molar-refractivity contribution in [3.8, 4) is 0 Å². The fourth-order valence-corrected chi connectivity index (χ4v) is 4.18. The Morgan fingerprint density at radius 1 is 1.29 bits per heavy atom. The van der Waals surface area contributed by atoms with Crippen molar-refractivity contribution >= 4 is 37.8 Å². The molecule has 4 aromatic rings. The molecule has 0 saturated heterocycles. The first-order valence-electron chi connectivity index (χ1n) is 7.80. The minimum Gasteiger partial charge on any atom is -0.359 e. The zero-order chi connectivity index (χ0) is 16.1. The van der Waals surface area contributed by atoms with Crippen molar-refractivity contribution < 1.29 is 0 Å². The van der Waals surface area contributed by atoms with Gasteiger partial charge in [-0.15, -0.1) is 0 Å². The number of aromatic nitrogens is 5. The molecule has 24 heavy (non-hydrogen) atoms. The average molecular weight is 338 g/mol. The third kappa shape index (κ3) is 2.10. The van der Waals surface area contributed by atoms with Gasteiger partial charge in [0.1, 0.15) is 11.8 Å². The molecule has 1 aromatic carbocycles. The summed E-state index contributed by atoms with van der Waals surface area (Å²) in [5, 5.41) is 4.41. The molecule has 0 atom stereocenters. The number of fused-ring (bicyclic) bond motifs is 2. The van der Waals surface area contributed by atoms with Crippen molar-refractivity contribution in [3.63, 3.8) is 0 Å². The quantitative estimate of drug-likeness (QED) is 0.599. The molecule has 0 bridgehead atoms. The predicted molar refractivity (Wildman–Crippen MR) is 93.5 cm³/mol. The molecule has 0 aliphatic heterocycles. The van der Waals surface area contributed by atoms with Crippen LogP contribution in [0.25, 0.3) is 21.4 Å². The zero-order valence-corrected chi connectivity index (χ0v) is 13.5. The van der Waals surface area contributed by atoms with Gasteiger partial charge < -0.3 is 10.3 Å². The summed E-state index contributed by atoms with van der Waals surface area (Å²) >= 11 is 1.66. The van der Waals surface area contributed by atoms with E-state index in [0.717, 1.165) is 23.5 Å².